The summed E-state index contributed by atoms with van der Waals surface area (Å²) in [6.07, 6.45) is 7.11. The molecule has 0 aliphatic heterocycles. The average Bonchev–Trinajstić information content (AvgIpc) is 2.57. The highest BCUT2D eigenvalue weighted by atomic mass is 16.5. The van der Waals surface area contributed by atoms with Crippen LogP contribution in [-0.2, 0) is 4.79 Å². The zero-order valence-electron chi connectivity index (χ0n) is 14.8. The molecule has 0 saturated heterocycles. The van der Waals surface area contributed by atoms with Crippen molar-refractivity contribution in [2.75, 3.05) is 6.61 Å². The first-order chi connectivity index (χ1) is 12.0. The summed E-state index contributed by atoms with van der Waals surface area (Å²) in [7, 11) is 0. The van der Waals surface area contributed by atoms with Crippen molar-refractivity contribution in [1.82, 2.24) is 4.98 Å². The number of hydrogen-bond donors (Lipinski definition) is 2. The molecule has 0 amide bonds. The van der Waals surface area contributed by atoms with Gasteiger partial charge in [-0.2, -0.15) is 0 Å². The molecule has 2 rings (SSSR count). The van der Waals surface area contributed by atoms with Crippen LogP contribution in [0.1, 0.15) is 52.4 Å². The van der Waals surface area contributed by atoms with Crippen LogP contribution in [0.4, 0.5) is 0 Å². The molecule has 25 heavy (non-hydrogen) atoms. The molecular weight excluding hydrogens is 322 g/mol. The Morgan fingerprint density at radius 2 is 1.88 bits per heavy atom. The summed E-state index contributed by atoms with van der Waals surface area (Å²) in [5.41, 5.74) is -0.230. The summed E-state index contributed by atoms with van der Waals surface area (Å²) >= 11 is 0. The molecule has 0 aliphatic rings. The highest BCUT2D eigenvalue weighted by Gasteiger charge is 2.15. The quantitative estimate of drug-likeness (QED) is 0.530. The van der Waals surface area contributed by atoms with Gasteiger partial charge in [-0.25, -0.2) is 0 Å². The van der Waals surface area contributed by atoms with Crippen LogP contribution in [0.2, 0.25) is 0 Å². The third-order valence-corrected chi connectivity index (χ3v) is 3.93. The van der Waals surface area contributed by atoms with E-state index in [1.165, 1.54) is 32.6 Å². The molecule has 6 nitrogen and oxygen atoms in total. The van der Waals surface area contributed by atoms with E-state index in [0.717, 1.165) is 12.8 Å². The minimum Gasteiger partial charge on any atom is -0.504 e. The van der Waals surface area contributed by atoms with E-state index in [9.17, 15) is 14.7 Å². The van der Waals surface area contributed by atoms with Crippen molar-refractivity contribution in [3.05, 3.63) is 28.6 Å². The molecule has 0 spiro atoms. The molecule has 6 heteroatoms. The lowest BCUT2D eigenvalue weighted by molar-refractivity contribution is -0.132. The van der Waals surface area contributed by atoms with E-state index in [0.29, 0.717) is 23.3 Å². The monoisotopic (exact) mass is 347 g/mol. The number of carbonyl (C=O) groups excluding carboxylic acids is 1. The number of unbranched alkanes of at least 4 members (excludes halogenated alkanes) is 5. The van der Waals surface area contributed by atoms with Crippen molar-refractivity contribution in [3.63, 3.8) is 0 Å². The zero-order chi connectivity index (χ0) is 18.2. The summed E-state index contributed by atoms with van der Waals surface area (Å²) in [5, 5.41) is 10.5. The topological polar surface area (TPSA) is 88.6 Å². The number of fused-ring (bicyclic) bond motifs is 1. The van der Waals surface area contributed by atoms with E-state index in [2.05, 4.69) is 11.9 Å². The van der Waals surface area contributed by atoms with Gasteiger partial charge in [0.25, 0.3) is 5.56 Å². The molecule has 0 bridgehead atoms. The van der Waals surface area contributed by atoms with E-state index in [1.54, 1.807) is 18.2 Å². The third kappa shape index (κ3) is 5.24. The van der Waals surface area contributed by atoms with Crippen molar-refractivity contribution in [1.29, 1.82) is 0 Å². The average molecular weight is 347 g/mol. The third-order valence-electron chi connectivity index (χ3n) is 3.93. The summed E-state index contributed by atoms with van der Waals surface area (Å²) in [6, 6.07) is 5.00. The number of esters is 1. The maximum absolute atomic E-state index is 12.0. The summed E-state index contributed by atoms with van der Waals surface area (Å²) in [5.74, 6) is -0.785. The van der Waals surface area contributed by atoms with Crippen LogP contribution in [0.15, 0.2) is 23.0 Å². The van der Waals surface area contributed by atoms with E-state index in [1.807, 2.05) is 0 Å². The standard InChI is InChI=1S/C19H25NO5/c1-3-4-5-6-7-8-11-24-14-9-10-15-16(12-14)20-19(23)18(17(15)22)25-13(2)21/h9-10,12H,3-8,11H2,1-2H3,(H2,20,22,23). The Labute approximate surface area is 146 Å². The second-order valence-corrected chi connectivity index (χ2v) is 6.05. The molecular formula is C19H25NO5. The number of rotatable bonds is 9. The molecule has 2 aromatic rings. The van der Waals surface area contributed by atoms with Crippen LogP contribution in [0.3, 0.4) is 0 Å². The van der Waals surface area contributed by atoms with Gasteiger partial charge in [-0.05, 0) is 18.6 Å². The fourth-order valence-electron chi connectivity index (χ4n) is 2.64. The fourth-order valence-corrected chi connectivity index (χ4v) is 2.64. The molecule has 1 aromatic heterocycles. The van der Waals surface area contributed by atoms with Gasteiger partial charge in [0.1, 0.15) is 5.75 Å². The lowest BCUT2D eigenvalue weighted by Gasteiger charge is -2.10. The van der Waals surface area contributed by atoms with Crippen LogP contribution < -0.4 is 15.0 Å². The summed E-state index contributed by atoms with van der Waals surface area (Å²) < 4.78 is 10.5. The van der Waals surface area contributed by atoms with Crippen molar-refractivity contribution < 1.29 is 19.4 Å². The number of nitrogens with one attached hydrogen (secondary N) is 1. The Balaban J connectivity index is 2.02. The van der Waals surface area contributed by atoms with E-state index >= 15 is 0 Å². The molecule has 1 heterocycles. The highest BCUT2D eigenvalue weighted by Crippen LogP contribution is 2.32. The van der Waals surface area contributed by atoms with Crippen LogP contribution >= 0.6 is 0 Å². The molecule has 0 aliphatic carbocycles. The van der Waals surface area contributed by atoms with Crippen molar-refractivity contribution in [2.24, 2.45) is 0 Å². The van der Waals surface area contributed by atoms with Gasteiger partial charge < -0.3 is 19.6 Å². The SMILES string of the molecule is CCCCCCCCOc1ccc2c(O)c(OC(C)=O)c(=O)[nH]c2c1. The largest absolute Gasteiger partial charge is 0.504 e. The molecule has 136 valence electrons. The maximum Gasteiger partial charge on any atom is 0.308 e. The predicted octanol–water partition coefficient (Wildman–Crippen LogP) is 3.90. The van der Waals surface area contributed by atoms with Crippen LogP contribution in [0.25, 0.3) is 10.9 Å². The highest BCUT2D eigenvalue weighted by molar-refractivity contribution is 5.88. The smallest absolute Gasteiger partial charge is 0.308 e. The Kier molecular flexibility index (Phi) is 6.86. The first kappa shape index (κ1) is 18.8. The Morgan fingerprint density at radius 1 is 1.16 bits per heavy atom. The van der Waals surface area contributed by atoms with Gasteiger partial charge in [0, 0.05) is 18.4 Å². The number of ether oxygens (including phenoxy) is 2. The lowest BCUT2D eigenvalue weighted by atomic mass is 10.1. The van der Waals surface area contributed by atoms with Crippen LogP contribution in [0, 0.1) is 0 Å². The van der Waals surface area contributed by atoms with Gasteiger partial charge in [-0.3, -0.25) is 9.59 Å². The molecule has 0 saturated carbocycles. The number of H-pyrrole nitrogens is 1. The van der Waals surface area contributed by atoms with Gasteiger partial charge in [0.15, 0.2) is 5.75 Å². The predicted molar refractivity (Wildman–Crippen MR) is 96.4 cm³/mol. The number of aromatic nitrogens is 1. The van der Waals surface area contributed by atoms with Crippen molar-refractivity contribution >= 4 is 16.9 Å². The number of hydrogen-bond acceptors (Lipinski definition) is 5. The molecule has 0 unspecified atom stereocenters. The van der Waals surface area contributed by atoms with Gasteiger partial charge in [-0.15, -0.1) is 0 Å². The normalized spacial score (nSPS) is 10.8. The number of aromatic hydroxyl groups is 1. The van der Waals surface area contributed by atoms with Crippen molar-refractivity contribution in [2.45, 2.75) is 52.4 Å². The minimum absolute atomic E-state index is 0.351. The number of aromatic amines is 1. The summed E-state index contributed by atoms with van der Waals surface area (Å²) in [4.78, 5) is 25.6. The molecule has 1 aromatic carbocycles. The number of pyridine rings is 1. The van der Waals surface area contributed by atoms with Crippen LogP contribution in [-0.4, -0.2) is 22.7 Å². The first-order valence-corrected chi connectivity index (χ1v) is 8.73. The molecule has 2 N–H and O–H groups in total. The maximum atomic E-state index is 12.0. The van der Waals surface area contributed by atoms with E-state index < -0.39 is 11.5 Å². The van der Waals surface area contributed by atoms with E-state index in [-0.39, 0.29) is 11.5 Å². The van der Waals surface area contributed by atoms with Gasteiger partial charge in [-0.1, -0.05) is 39.0 Å². The van der Waals surface area contributed by atoms with Gasteiger partial charge >= 0.3 is 5.97 Å². The Morgan fingerprint density at radius 3 is 2.60 bits per heavy atom. The lowest BCUT2D eigenvalue weighted by Crippen LogP contribution is -2.14. The zero-order valence-corrected chi connectivity index (χ0v) is 14.8. The second-order valence-electron chi connectivity index (χ2n) is 6.05. The minimum atomic E-state index is -0.668. The first-order valence-electron chi connectivity index (χ1n) is 8.73. The molecule has 0 radical (unpaired) electrons. The number of benzene rings is 1. The van der Waals surface area contributed by atoms with E-state index in [4.69, 9.17) is 9.47 Å². The van der Waals surface area contributed by atoms with Crippen molar-refractivity contribution in [3.8, 4) is 17.2 Å². The molecule has 0 atom stereocenters. The molecule has 0 fully saturated rings. The fraction of sp³-hybridized carbons (Fsp3) is 0.474. The Bertz CT molecular complexity index is 781. The summed E-state index contributed by atoms with van der Waals surface area (Å²) in [6.45, 7) is 3.97. The van der Waals surface area contributed by atoms with Gasteiger partial charge in [0.05, 0.1) is 12.1 Å². The van der Waals surface area contributed by atoms with Gasteiger partial charge in [0.2, 0.25) is 5.75 Å². The number of carbonyl (C=O) groups is 1. The van der Waals surface area contributed by atoms with Crippen LogP contribution in [0.5, 0.6) is 17.2 Å². The second kappa shape index (κ2) is 9.11. The Hall–Kier alpha value is -2.50.